The van der Waals surface area contributed by atoms with Crippen LogP contribution in [0.5, 0.6) is 0 Å². The number of thiol groups is 1. The van der Waals surface area contributed by atoms with Gasteiger partial charge in [-0.2, -0.15) is 12.6 Å². The van der Waals surface area contributed by atoms with Gasteiger partial charge in [-0.3, -0.25) is 4.79 Å². The smallest absolute Gasteiger partial charge is 0.223 e. The predicted octanol–water partition coefficient (Wildman–Crippen LogP) is -0.474. The van der Waals surface area contributed by atoms with Crippen molar-refractivity contribution in [3.8, 4) is 0 Å². The highest BCUT2D eigenvalue weighted by atomic mass is 32.1. The maximum Gasteiger partial charge on any atom is 0.223 e. The van der Waals surface area contributed by atoms with Gasteiger partial charge in [0.25, 0.3) is 0 Å². The summed E-state index contributed by atoms with van der Waals surface area (Å²) in [7, 11) is 0. The largest absolute Gasteiger partial charge is 0.394 e. The standard InChI is InChI=1S/C8H15NO3S/c10-6-7-5-9(2-3-12-7)8(11)1-4-13/h7,10,13H,1-6H2. The molecular formula is C8H15NO3S. The van der Waals surface area contributed by atoms with Crippen molar-refractivity contribution in [2.45, 2.75) is 12.5 Å². The Morgan fingerprint density at radius 1 is 1.69 bits per heavy atom. The van der Waals surface area contributed by atoms with Gasteiger partial charge in [0.1, 0.15) is 0 Å². The van der Waals surface area contributed by atoms with Crippen molar-refractivity contribution < 1.29 is 14.6 Å². The van der Waals surface area contributed by atoms with E-state index in [9.17, 15) is 4.79 Å². The average Bonchev–Trinajstić information content (AvgIpc) is 2.18. The fourth-order valence-electron chi connectivity index (χ4n) is 1.31. The van der Waals surface area contributed by atoms with Crippen molar-refractivity contribution >= 4 is 18.5 Å². The fraction of sp³-hybridized carbons (Fsp3) is 0.875. The zero-order valence-corrected chi connectivity index (χ0v) is 8.37. The third-order valence-corrected chi connectivity index (χ3v) is 2.24. The van der Waals surface area contributed by atoms with Gasteiger partial charge in [-0.1, -0.05) is 0 Å². The minimum Gasteiger partial charge on any atom is -0.394 e. The van der Waals surface area contributed by atoms with Crippen LogP contribution in [0.25, 0.3) is 0 Å². The number of aliphatic hydroxyl groups excluding tert-OH is 1. The molecule has 0 aromatic carbocycles. The Morgan fingerprint density at radius 2 is 2.46 bits per heavy atom. The van der Waals surface area contributed by atoms with Gasteiger partial charge in [0.2, 0.25) is 5.91 Å². The first kappa shape index (κ1) is 10.8. The lowest BCUT2D eigenvalue weighted by Gasteiger charge is -2.32. The highest BCUT2D eigenvalue weighted by molar-refractivity contribution is 7.80. The maximum atomic E-state index is 11.4. The molecule has 1 N–H and O–H groups in total. The number of carbonyl (C=O) groups is 1. The van der Waals surface area contributed by atoms with Crippen molar-refractivity contribution in [3.63, 3.8) is 0 Å². The highest BCUT2D eigenvalue weighted by Gasteiger charge is 2.22. The molecule has 1 heterocycles. The fourth-order valence-corrected chi connectivity index (χ4v) is 1.50. The van der Waals surface area contributed by atoms with Crippen LogP contribution < -0.4 is 0 Å². The van der Waals surface area contributed by atoms with Crippen LogP contribution in [-0.4, -0.2) is 54.1 Å². The van der Waals surface area contributed by atoms with Crippen LogP contribution in [0.3, 0.4) is 0 Å². The molecule has 1 atom stereocenters. The summed E-state index contributed by atoms with van der Waals surface area (Å²) in [5.41, 5.74) is 0. The molecule has 1 aliphatic rings. The van der Waals surface area contributed by atoms with E-state index in [2.05, 4.69) is 12.6 Å². The molecule has 0 aromatic rings. The minimum atomic E-state index is -0.211. The molecule has 0 spiro atoms. The molecule has 76 valence electrons. The maximum absolute atomic E-state index is 11.4. The van der Waals surface area contributed by atoms with E-state index in [0.717, 1.165) is 0 Å². The van der Waals surface area contributed by atoms with Crippen LogP contribution in [-0.2, 0) is 9.53 Å². The zero-order chi connectivity index (χ0) is 9.68. The molecular weight excluding hydrogens is 190 g/mol. The van der Waals surface area contributed by atoms with Gasteiger partial charge < -0.3 is 14.7 Å². The normalized spacial score (nSPS) is 23.2. The van der Waals surface area contributed by atoms with E-state index in [1.54, 1.807) is 4.90 Å². The second kappa shape index (κ2) is 5.47. The first-order valence-corrected chi connectivity index (χ1v) is 5.02. The summed E-state index contributed by atoms with van der Waals surface area (Å²) in [6.45, 7) is 1.63. The molecule has 5 heteroatoms. The second-order valence-electron chi connectivity index (χ2n) is 2.99. The van der Waals surface area contributed by atoms with Crippen molar-refractivity contribution in [1.82, 2.24) is 4.90 Å². The lowest BCUT2D eigenvalue weighted by molar-refractivity contribution is -0.139. The van der Waals surface area contributed by atoms with E-state index in [-0.39, 0.29) is 18.6 Å². The van der Waals surface area contributed by atoms with Crippen LogP contribution in [0, 0.1) is 0 Å². The average molecular weight is 205 g/mol. The van der Waals surface area contributed by atoms with Crippen molar-refractivity contribution in [1.29, 1.82) is 0 Å². The monoisotopic (exact) mass is 205 g/mol. The summed E-state index contributed by atoms with van der Waals surface area (Å²) in [5, 5.41) is 8.84. The third kappa shape index (κ3) is 3.17. The number of morpholine rings is 1. The van der Waals surface area contributed by atoms with Crippen LogP contribution in [0.2, 0.25) is 0 Å². The molecule has 1 saturated heterocycles. The predicted molar refractivity (Wildman–Crippen MR) is 51.9 cm³/mol. The minimum absolute atomic E-state index is 0.0232. The van der Waals surface area contributed by atoms with Crippen LogP contribution in [0.4, 0.5) is 0 Å². The molecule has 4 nitrogen and oxygen atoms in total. The van der Waals surface area contributed by atoms with E-state index >= 15 is 0 Å². The molecule has 0 aliphatic carbocycles. The van der Waals surface area contributed by atoms with E-state index in [1.807, 2.05) is 0 Å². The number of rotatable bonds is 3. The number of hydrogen-bond acceptors (Lipinski definition) is 4. The van der Waals surface area contributed by atoms with E-state index in [1.165, 1.54) is 0 Å². The van der Waals surface area contributed by atoms with E-state index in [4.69, 9.17) is 9.84 Å². The van der Waals surface area contributed by atoms with Crippen molar-refractivity contribution in [2.75, 3.05) is 32.1 Å². The highest BCUT2D eigenvalue weighted by Crippen LogP contribution is 2.06. The number of nitrogens with zero attached hydrogens (tertiary/aromatic N) is 1. The Balaban J connectivity index is 2.37. The Bertz CT molecular complexity index is 177. The second-order valence-corrected chi connectivity index (χ2v) is 3.44. The number of aliphatic hydroxyl groups is 1. The molecule has 0 radical (unpaired) electrons. The molecule has 13 heavy (non-hydrogen) atoms. The number of amides is 1. The van der Waals surface area contributed by atoms with Gasteiger partial charge in [-0.15, -0.1) is 0 Å². The number of carbonyl (C=O) groups excluding carboxylic acids is 1. The van der Waals surface area contributed by atoms with Crippen LogP contribution >= 0.6 is 12.6 Å². The van der Waals surface area contributed by atoms with Crippen molar-refractivity contribution in [3.05, 3.63) is 0 Å². The molecule has 1 rings (SSSR count). The Morgan fingerprint density at radius 3 is 3.08 bits per heavy atom. The van der Waals surface area contributed by atoms with E-state index < -0.39 is 0 Å². The Kier molecular flexibility index (Phi) is 4.55. The number of hydrogen-bond donors (Lipinski definition) is 2. The first-order valence-electron chi connectivity index (χ1n) is 4.39. The molecule has 0 aromatic heterocycles. The van der Waals surface area contributed by atoms with Gasteiger partial charge in [-0.25, -0.2) is 0 Å². The van der Waals surface area contributed by atoms with Crippen molar-refractivity contribution in [2.24, 2.45) is 0 Å². The summed E-state index contributed by atoms with van der Waals surface area (Å²) in [4.78, 5) is 13.1. The summed E-state index contributed by atoms with van der Waals surface area (Å²) < 4.78 is 5.22. The summed E-state index contributed by atoms with van der Waals surface area (Å²) in [6.07, 6.45) is 0.249. The Hall–Kier alpha value is -0.260. The lowest BCUT2D eigenvalue weighted by Crippen LogP contribution is -2.46. The van der Waals surface area contributed by atoms with Crippen LogP contribution in [0.15, 0.2) is 0 Å². The van der Waals surface area contributed by atoms with E-state index in [0.29, 0.717) is 31.9 Å². The van der Waals surface area contributed by atoms with Gasteiger partial charge in [0.05, 0.1) is 19.3 Å². The van der Waals surface area contributed by atoms with Gasteiger partial charge in [0, 0.05) is 19.5 Å². The molecule has 0 bridgehead atoms. The molecule has 1 aliphatic heterocycles. The molecule has 0 saturated carbocycles. The number of ether oxygens (including phenoxy) is 1. The molecule has 1 unspecified atom stereocenters. The lowest BCUT2D eigenvalue weighted by atomic mass is 10.2. The van der Waals surface area contributed by atoms with Crippen LogP contribution in [0.1, 0.15) is 6.42 Å². The van der Waals surface area contributed by atoms with Gasteiger partial charge in [0.15, 0.2) is 0 Å². The van der Waals surface area contributed by atoms with Gasteiger partial charge in [-0.05, 0) is 5.75 Å². The van der Waals surface area contributed by atoms with Gasteiger partial charge >= 0.3 is 0 Å². The SMILES string of the molecule is O=C(CCS)N1CCOC(CO)C1. The first-order chi connectivity index (χ1) is 6.27. The summed E-state index contributed by atoms with van der Waals surface area (Å²) in [5.74, 6) is 0.664. The molecule has 1 fully saturated rings. The summed E-state index contributed by atoms with van der Waals surface area (Å²) in [6, 6.07) is 0. The third-order valence-electron chi connectivity index (χ3n) is 2.02. The topological polar surface area (TPSA) is 49.8 Å². The summed E-state index contributed by atoms with van der Waals surface area (Å²) >= 11 is 4.00. The Labute approximate surface area is 83.3 Å². The zero-order valence-electron chi connectivity index (χ0n) is 7.48. The molecule has 1 amide bonds. The quantitative estimate of drug-likeness (QED) is 0.612.